The van der Waals surface area contributed by atoms with Crippen LogP contribution in [-0.4, -0.2) is 45.5 Å². The number of aromatic amines is 2. The van der Waals surface area contributed by atoms with Crippen LogP contribution in [0.5, 0.6) is 6.01 Å². The minimum atomic E-state index is -1.23. The first-order valence-electron chi connectivity index (χ1n) is 10.1. The SMILES string of the molecule is O=c1cc(-c2n[nH]c3ccc(-c4c(F)cccc4F)cc23)nc(O[C@@H]2CCNC[C@@H]2F)[nH]1. The molecule has 0 unspecified atom stereocenters. The van der Waals surface area contributed by atoms with Crippen molar-refractivity contribution in [1.29, 1.82) is 0 Å². The number of piperidine rings is 1. The van der Waals surface area contributed by atoms with E-state index >= 15 is 0 Å². The van der Waals surface area contributed by atoms with Crippen LogP contribution in [0, 0.1) is 11.6 Å². The van der Waals surface area contributed by atoms with Crippen LogP contribution in [0.15, 0.2) is 47.3 Å². The second-order valence-corrected chi connectivity index (χ2v) is 7.53. The Morgan fingerprint density at radius 2 is 1.91 bits per heavy atom. The number of H-pyrrole nitrogens is 2. The molecule has 7 nitrogen and oxygen atoms in total. The first-order chi connectivity index (χ1) is 15.5. The van der Waals surface area contributed by atoms with Crippen molar-refractivity contribution in [3.63, 3.8) is 0 Å². The summed E-state index contributed by atoms with van der Waals surface area (Å²) in [4.78, 5) is 19.0. The highest BCUT2D eigenvalue weighted by molar-refractivity contribution is 5.95. The van der Waals surface area contributed by atoms with Crippen LogP contribution in [-0.2, 0) is 0 Å². The molecule has 0 radical (unpaired) electrons. The standard InChI is InChI=1S/C22H18F3N5O2/c23-13-2-1-3-14(24)20(13)11-4-5-16-12(8-11)21(30-29-16)17-9-19(31)28-22(27-17)32-18-6-7-26-10-15(18)25/h1-5,8-9,15,18,26H,6-7,10H2,(H,29,30)(H,27,28,31)/t15-,18+/m0/s1. The molecule has 0 saturated carbocycles. The molecule has 1 aliphatic heterocycles. The summed E-state index contributed by atoms with van der Waals surface area (Å²) in [5, 5.41) is 10.5. The Hall–Kier alpha value is -3.66. The number of ether oxygens (including phenoxy) is 1. The minimum absolute atomic E-state index is 0.116. The topological polar surface area (TPSA) is 95.7 Å². The van der Waals surface area contributed by atoms with Gasteiger partial charge < -0.3 is 10.1 Å². The number of alkyl halides is 1. The smallest absolute Gasteiger partial charge is 0.297 e. The van der Waals surface area contributed by atoms with Crippen molar-refractivity contribution in [2.24, 2.45) is 0 Å². The van der Waals surface area contributed by atoms with Crippen molar-refractivity contribution in [3.8, 4) is 28.5 Å². The van der Waals surface area contributed by atoms with Gasteiger partial charge in [0.05, 0.1) is 11.1 Å². The third kappa shape index (κ3) is 3.73. The Morgan fingerprint density at radius 3 is 2.69 bits per heavy atom. The lowest BCUT2D eigenvalue weighted by atomic mass is 10.0. The van der Waals surface area contributed by atoms with Gasteiger partial charge in [-0.25, -0.2) is 13.2 Å². The Labute approximate surface area is 179 Å². The zero-order valence-corrected chi connectivity index (χ0v) is 16.7. The lowest BCUT2D eigenvalue weighted by molar-refractivity contribution is 0.0651. The first-order valence-corrected chi connectivity index (χ1v) is 10.1. The fourth-order valence-corrected chi connectivity index (χ4v) is 3.82. The van der Waals surface area contributed by atoms with Gasteiger partial charge in [-0.1, -0.05) is 12.1 Å². The largest absolute Gasteiger partial charge is 0.458 e. The highest BCUT2D eigenvalue weighted by Gasteiger charge is 2.27. The highest BCUT2D eigenvalue weighted by atomic mass is 19.1. The zero-order valence-electron chi connectivity index (χ0n) is 16.7. The summed E-state index contributed by atoms with van der Waals surface area (Å²) in [5.41, 5.74) is 0.729. The lowest BCUT2D eigenvalue weighted by Gasteiger charge is -2.26. The Bertz CT molecular complexity index is 1330. The summed E-state index contributed by atoms with van der Waals surface area (Å²) in [6, 6.07) is 9.55. The maximum Gasteiger partial charge on any atom is 0.297 e. The van der Waals surface area contributed by atoms with Gasteiger partial charge in [-0.2, -0.15) is 10.1 Å². The molecule has 0 spiro atoms. The second kappa shape index (κ2) is 8.12. The number of benzene rings is 2. The van der Waals surface area contributed by atoms with Crippen LogP contribution in [0.25, 0.3) is 33.4 Å². The predicted octanol–water partition coefficient (Wildman–Crippen LogP) is 3.34. The molecular formula is C22H18F3N5O2. The third-order valence-corrected chi connectivity index (χ3v) is 5.39. The molecule has 164 valence electrons. The van der Waals surface area contributed by atoms with Crippen molar-refractivity contribution in [2.45, 2.75) is 18.7 Å². The summed E-state index contributed by atoms with van der Waals surface area (Å²) < 4.78 is 48.3. The molecule has 1 aliphatic rings. The quantitative estimate of drug-likeness (QED) is 0.452. The molecule has 10 heteroatoms. The molecule has 4 aromatic rings. The molecule has 3 N–H and O–H groups in total. The molecule has 1 saturated heterocycles. The molecule has 1 fully saturated rings. The Morgan fingerprint density at radius 1 is 1.09 bits per heavy atom. The van der Waals surface area contributed by atoms with Crippen LogP contribution in [0.4, 0.5) is 13.2 Å². The van der Waals surface area contributed by atoms with Gasteiger partial charge in [0.1, 0.15) is 35.3 Å². The van der Waals surface area contributed by atoms with Gasteiger partial charge in [0.2, 0.25) is 0 Å². The molecule has 0 aliphatic carbocycles. The summed E-state index contributed by atoms with van der Waals surface area (Å²) in [5.74, 6) is -1.38. The molecule has 5 rings (SSSR count). The van der Waals surface area contributed by atoms with Gasteiger partial charge >= 0.3 is 0 Å². The number of nitrogens with zero attached hydrogens (tertiary/aromatic N) is 2. The van der Waals surface area contributed by atoms with Crippen molar-refractivity contribution in [2.75, 3.05) is 13.1 Å². The van der Waals surface area contributed by atoms with Crippen LogP contribution in [0.2, 0.25) is 0 Å². The highest BCUT2D eigenvalue weighted by Crippen LogP contribution is 2.32. The van der Waals surface area contributed by atoms with Gasteiger partial charge in [0, 0.05) is 18.0 Å². The Kier molecular flexibility index (Phi) is 5.14. The van der Waals surface area contributed by atoms with Gasteiger partial charge in [-0.15, -0.1) is 0 Å². The average molecular weight is 441 g/mol. The summed E-state index contributed by atoms with van der Waals surface area (Å²) in [7, 11) is 0. The van der Waals surface area contributed by atoms with Crippen LogP contribution in [0.3, 0.4) is 0 Å². The van der Waals surface area contributed by atoms with Crippen molar-refractivity contribution in [1.82, 2.24) is 25.5 Å². The van der Waals surface area contributed by atoms with E-state index in [0.29, 0.717) is 35.1 Å². The van der Waals surface area contributed by atoms with E-state index in [9.17, 15) is 18.0 Å². The predicted molar refractivity (Wildman–Crippen MR) is 112 cm³/mol. The van der Waals surface area contributed by atoms with Crippen LogP contribution in [0.1, 0.15) is 6.42 Å². The number of hydrogen-bond acceptors (Lipinski definition) is 5. The van der Waals surface area contributed by atoms with Crippen molar-refractivity contribution >= 4 is 10.9 Å². The Balaban J connectivity index is 1.56. The molecule has 32 heavy (non-hydrogen) atoms. The van der Waals surface area contributed by atoms with E-state index in [1.807, 2.05) is 0 Å². The van der Waals surface area contributed by atoms with E-state index in [4.69, 9.17) is 4.74 Å². The van der Waals surface area contributed by atoms with E-state index in [2.05, 4.69) is 25.5 Å². The van der Waals surface area contributed by atoms with Gasteiger partial charge in [-0.3, -0.25) is 14.9 Å². The molecule has 3 heterocycles. The summed E-state index contributed by atoms with van der Waals surface area (Å²) >= 11 is 0. The number of fused-ring (bicyclic) bond motifs is 1. The lowest BCUT2D eigenvalue weighted by Crippen LogP contribution is -2.44. The third-order valence-electron chi connectivity index (χ3n) is 5.39. The first kappa shape index (κ1) is 20.3. The maximum atomic E-state index is 14.3. The fraction of sp³-hybridized carbons (Fsp3) is 0.227. The van der Waals surface area contributed by atoms with E-state index in [0.717, 1.165) is 0 Å². The van der Waals surface area contributed by atoms with E-state index in [1.54, 1.807) is 18.2 Å². The van der Waals surface area contributed by atoms with Gasteiger partial charge in [-0.05, 0) is 42.8 Å². The number of hydrogen-bond donors (Lipinski definition) is 3. The fourth-order valence-electron chi connectivity index (χ4n) is 3.82. The van der Waals surface area contributed by atoms with E-state index < -0.39 is 29.5 Å². The second-order valence-electron chi connectivity index (χ2n) is 7.53. The summed E-state index contributed by atoms with van der Waals surface area (Å²) in [6.07, 6.45) is -1.54. The van der Waals surface area contributed by atoms with E-state index in [1.165, 1.54) is 24.3 Å². The number of halogens is 3. The molecule has 2 atom stereocenters. The zero-order chi connectivity index (χ0) is 22.2. The monoisotopic (exact) mass is 441 g/mol. The number of rotatable bonds is 4. The van der Waals surface area contributed by atoms with Crippen molar-refractivity contribution in [3.05, 3.63) is 64.5 Å². The number of aromatic nitrogens is 4. The van der Waals surface area contributed by atoms with E-state index in [-0.39, 0.29) is 23.8 Å². The average Bonchev–Trinajstić information content (AvgIpc) is 3.18. The summed E-state index contributed by atoms with van der Waals surface area (Å²) in [6.45, 7) is 0.752. The van der Waals surface area contributed by atoms with Gasteiger partial charge in [0.25, 0.3) is 11.6 Å². The molecular weight excluding hydrogens is 423 g/mol. The minimum Gasteiger partial charge on any atom is -0.458 e. The normalized spacial score (nSPS) is 18.7. The number of nitrogens with one attached hydrogen (secondary N) is 3. The van der Waals surface area contributed by atoms with Crippen LogP contribution >= 0.6 is 0 Å². The van der Waals surface area contributed by atoms with Gasteiger partial charge in [0.15, 0.2) is 0 Å². The van der Waals surface area contributed by atoms with Crippen molar-refractivity contribution < 1.29 is 17.9 Å². The maximum absolute atomic E-state index is 14.3. The van der Waals surface area contributed by atoms with Crippen LogP contribution < -0.4 is 15.6 Å². The molecule has 0 bridgehead atoms. The molecule has 0 amide bonds. The molecule has 2 aromatic heterocycles. The molecule has 2 aromatic carbocycles.